The second-order valence-electron chi connectivity index (χ2n) is 8.67. The highest BCUT2D eigenvalue weighted by atomic mass is 16.5. The summed E-state index contributed by atoms with van der Waals surface area (Å²) in [6, 6.07) is 0. The number of rotatable bonds is 2. The molecule has 1 saturated carbocycles. The molecule has 2 nitrogen and oxygen atoms in total. The molecule has 0 spiro atoms. The fourth-order valence-electron chi connectivity index (χ4n) is 5.79. The lowest BCUT2D eigenvalue weighted by Gasteiger charge is -2.55. The van der Waals surface area contributed by atoms with Crippen LogP contribution in [0.5, 0.6) is 0 Å². The zero-order chi connectivity index (χ0) is 16.8. The van der Waals surface area contributed by atoms with Crippen molar-refractivity contribution >= 4 is 5.97 Å². The van der Waals surface area contributed by atoms with Crippen molar-refractivity contribution in [2.24, 2.45) is 22.7 Å². The van der Waals surface area contributed by atoms with Crippen LogP contribution < -0.4 is 0 Å². The molecule has 3 unspecified atom stereocenters. The summed E-state index contributed by atoms with van der Waals surface area (Å²) in [7, 11) is 1.55. The molecule has 2 heteroatoms. The highest BCUT2D eigenvalue weighted by Gasteiger charge is 2.56. The molecule has 3 atom stereocenters. The lowest BCUT2D eigenvalue weighted by Crippen LogP contribution is -2.51. The van der Waals surface area contributed by atoms with Gasteiger partial charge in [0.1, 0.15) is 0 Å². The zero-order valence-electron chi connectivity index (χ0n) is 15.5. The van der Waals surface area contributed by atoms with Gasteiger partial charge in [-0.25, -0.2) is 0 Å². The third-order valence-electron chi connectivity index (χ3n) is 7.16. The van der Waals surface area contributed by atoms with Gasteiger partial charge in [-0.15, -0.1) is 0 Å². The van der Waals surface area contributed by atoms with Crippen molar-refractivity contribution in [3.63, 3.8) is 0 Å². The standard InChI is InChI=1S/C21H32O2/c1-14(2)15-7-9-17-16(13-15)8-10-18-20(17,3)11-6-12-21(18,4)19(22)23-5/h7,14,18H,6,8-13H2,1-5H3. The number of hydrogen-bond donors (Lipinski definition) is 0. The Morgan fingerprint density at radius 2 is 2.04 bits per heavy atom. The first kappa shape index (κ1) is 16.8. The van der Waals surface area contributed by atoms with Gasteiger partial charge in [-0.1, -0.05) is 50.0 Å². The highest BCUT2D eigenvalue weighted by molar-refractivity contribution is 5.77. The lowest BCUT2D eigenvalue weighted by molar-refractivity contribution is -0.163. The van der Waals surface area contributed by atoms with Gasteiger partial charge in [-0.05, 0) is 62.7 Å². The van der Waals surface area contributed by atoms with Crippen molar-refractivity contribution in [3.05, 3.63) is 22.8 Å². The summed E-state index contributed by atoms with van der Waals surface area (Å²) in [6.07, 6.45) is 10.4. The average Bonchev–Trinajstić information content (AvgIpc) is 2.53. The molecule has 0 aliphatic heterocycles. The molecular weight excluding hydrogens is 284 g/mol. The Hall–Kier alpha value is -1.05. The molecule has 0 bridgehead atoms. The number of fused-ring (bicyclic) bond motifs is 2. The average molecular weight is 316 g/mol. The van der Waals surface area contributed by atoms with Gasteiger partial charge in [0.15, 0.2) is 0 Å². The van der Waals surface area contributed by atoms with Crippen LogP contribution in [0.25, 0.3) is 0 Å². The Labute approximate surface area is 141 Å². The zero-order valence-corrected chi connectivity index (χ0v) is 15.5. The summed E-state index contributed by atoms with van der Waals surface area (Å²) >= 11 is 0. The van der Waals surface area contributed by atoms with Crippen LogP contribution in [0.2, 0.25) is 0 Å². The first-order valence-electron chi connectivity index (χ1n) is 9.31. The van der Waals surface area contributed by atoms with Gasteiger partial charge in [0.2, 0.25) is 0 Å². The van der Waals surface area contributed by atoms with Crippen LogP contribution in [0, 0.1) is 22.7 Å². The van der Waals surface area contributed by atoms with Crippen LogP contribution in [0.3, 0.4) is 0 Å². The summed E-state index contributed by atoms with van der Waals surface area (Å²) in [5.74, 6) is 1.09. The third kappa shape index (κ3) is 2.49. The minimum absolute atomic E-state index is 0.00620. The van der Waals surface area contributed by atoms with Crippen molar-refractivity contribution in [1.29, 1.82) is 0 Å². The van der Waals surface area contributed by atoms with E-state index in [0.717, 1.165) is 25.7 Å². The van der Waals surface area contributed by atoms with E-state index >= 15 is 0 Å². The predicted molar refractivity (Wildman–Crippen MR) is 94.0 cm³/mol. The first-order chi connectivity index (χ1) is 10.8. The van der Waals surface area contributed by atoms with Gasteiger partial charge < -0.3 is 4.74 Å². The molecule has 0 aromatic carbocycles. The lowest BCUT2D eigenvalue weighted by atomic mass is 9.48. The van der Waals surface area contributed by atoms with E-state index < -0.39 is 0 Å². The topological polar surface area (TPSA) is 26.3 Å². The maximum absolute atomic E-state index is 12.5. The van der Waals surface area contributed by atoms with Crippen LogP contribution in [0.1, 0.15) is 72.6 Å². The third-order valence-corrected chi connectivity index (χ3v) is 7.16. The molecule has 0 aromatic heterocycles. The molecule has 0 radical (unpaired) electrons. The fraction of sp³-hybridized carbons (Fsp3) is 0.762. The fourth-order valence-corrected chi connectivity index (χ4v) is 5.79. The molecular formula is C21H32O2. The molecule has 0 N–H and O–H groups in total. The van der Waals surface area contributed by atoms with Crippen LogP contribution in [0.15, 0.2) is 22.8 Å². The number of methoxy groups -OCH3 is 1. The van der Waals surface area contributed by atoms with Crippen molar-refractivity contribution < 1.29 is 9.53 Å². The molecule has 1 fully saturated rings. The van der Waals surface area contributed by atoms with Crippen LogP contribution in [-0.2, 0) is 9.53 Å². The summed E-state index contributed by atoms with van der Waals surface area (Å²) in [4.78, 5) is 12.5. The number of ether oxygens (including phenoxy) is 1. The number of allylic oxidation sites excluding steroid dienone is 4. The Balaban J connectivity index is 1.95. The molecule has 3 aliphatic carbocycles. The van der Waals surface area contributed by atoms with Crippen molar-refractivity contribution in [2.75, 3.05) is 7.11 Å². The van der Waals surface area contributed by atoms with E-state index in [1.165, 1.54) is 19.3 Å². The summed E-state index contributed by atoms with van der Waals surface area (Å²) in [5, 5.41) is 0. The highest BCUT2D eigenvalue weighted by Crippen LogP contribution is 2.62. The van der Waals surface area contributed by atoms with Crippen LogP contribution in [-0.4, -0.2) is 13.1 Å². The summed E-state index contributed by atoms with van der Waals surface area (Å²) in [6.45, 7) is 9.20. The maximum atomic E-state index is 12.5. The van der Waals surface area contributed by atoms with E-state index in [2.05, 4.69) is 33.8 Å². The van der Waals surface area contributed by atoms with E-state index in [1.54, 1.807) is 23.8 Å². The summed E-state index contributed by atoms with van der Waals surface area (Å²) < 4.78 is 5.20. The van der Waals surface area contributed by atoms with E-state index in [4.69, 9.17) is 4.74 Å². The van der Waals surface area contributed by atoms with Crippen LogP contribution in [0.4, 0.5) is 0 Å². The maximum Gasteiger partial charge on any atom is 0.311 e. The molecule has 128 valence electrons. The van der Waals surface area contributed by atoms with E-state index in [1.807, 2.05) is 0 Å². The normalized spacial score (nSPS) is 37.1. The minimum atomic E-state index is -0.303. The monoisotopic (exact) mass is 316 g/mol. The molecule has 0 aromatic rings. The number of carbonyl (C=O) groups is 1. The van der Waals surface area contributed by atoms with Gasteiger partial charge in [0.05, 0.1) is 12.5 Å². The van der Waals surface area contributed by atoms with E-state index in [0.29, 0.717) is 11.8 Å². The van der Waals surface area contributed by atoms with Gasteiger partial charge in [-0.3, -0.25) is 4.79 Å². The Morgan fingerprint density at radius 3 is 2.70 bits per heavy atom. The summed E-state index contributed by atoms with van der Waals surface area (Å²) in [5.41, 5.74) is 4.84. The number of hydrogen-bond acceptors (Lipinski definition) is 2. The Bertz CT molecular complexity index is 568. The molecule has 3 rings (SSSR count). The number of esters is 1. The largest absolute Gasteiger partial charge is 0.469 e. The predicted octanol–water partition coefficient (Wildman–Crippen LogP) is 5.44. The van der Waals surface area contributed by atoms with Gasteiger partial charge in [-0.2, -0.15) is 0 Å². The SMILES string of the molecule is COC(=O)C1(C)CCCC2(C)C3=C(CCC12)CC(C(C)C)=CC3. The van der Waals surface area contributed by atoms with Crippen molar-refractivity contribution in [3.8, 4) is 0 Å². The second-order valence-corrected chi connectivity index (χ2v) is 8.67. The van der Waals surface area contributed by atoms with Crippen LogP contribution >= 0.6 is 0 Å². The van der Waals surface area contributed by atoms with Crippen molar-refractivity contribution in [2.45, 2.75) is 72.6 Å². The van der Waals surface area contributed by atoms with Crippen molar-refractivity contribution in [1.82, 2.24) is 0 Å². The van der Waals surface area contributed by atoms with Gasteiger partial charge >= 0.3 is 5.97 Å². The molecule has 0 heterocycles. The quantitative estimate of drug-likeness (QED) is 0.501. The van der Waals surface area contributed by atoms with Gasteiger partial charge in [0.25, 0.3) is 0 Å². The van der Waals surface area contributed by atoms with E-state index in [9.17, 15) is 4.79 Å². The Kier molecular flexibility index (Phi) is 4.23. The first-order valence-corrected chi connectivity index (χ1v) is 9.31. The number of carbonyl (C=O) groups excluding carboxylic acids is 1. The second kappa shape index (κ2) is 5.79. The van der Waals surface area contributed by atoms with E-state index in [-0.39, 0.29) is 16.8 Å². The Morgan fingerprint density at radius 1 is 1.30 bits per heavy atom. The minimum Gasteiger partial charge on any atom is -0.469 e. The molecule has 23 heavy (non-hydrogen) atoms. The molecule has 0 amide bonds. The smallest absolute Gasteiger partial charge is 0.311 e. The molecule has 3 aliphatic rings. The molecule has 0 saturated heterocycles. The van der Waals surface area contributed by atoms with Gasteiger partial charge in [0, 0.05) is 0 Å².